The first kappa shape index (κ1) is 5.14. The summed E-state index contributed by atoms with van der Waals surface area (Å²) in [5.41, 5.74) is 0. The quantitative estimate of drug-likeness (QED) is 0.448. The Labute approximate surface area is 36.0 Å². The minimum atomic E-state index is -1.27. The predicted octanol–water partition coefficient (Wildman–Crippen LogP) is -0.0394. The van der Waals surface area contributed by atoms with Crippen LogP contribution in [0.2, 0.25) is 0 Å². The van der Waals surface area contributed by atoms with E-state index in [0.717, 1.165) is 0 Å². The molecule has 0 bridgehead atoms. The number of carbonyl (C=O) groups excluding carboxylic acids is 1. The second-order valence-electron chi connectivity index (χ2n) is 0.714. The van der Waals surface area contributed by atoms with E-state index in [1.807, 2.05) is 5.32 Å². The molecule has 0 unspecified atom stereocenters. The second kappa shape index (κ2) is 2.38. The molecular formula is C3H5NO2+. The molecule has 0 spiro atoms. The topological polar surface area (TPSA) is 49.0 Å². The number of hydrogen-bond acceptors (Lipinski definition) is 1. The normalized spacial score (nSPS) is 7.33. The Morgan fingerprint density at radius 3 is 2.33 bits per heavy atom. The lowest BCUT2D eigenvalue weighted by molar-refractivity contribution is 0.170. The van der Waals surface area contributed by atoms with Crippen LogP contribution < -0.4 is 5.32 Å². The van der Waals surface area contributed by atoms with Gasteiger partial charge in [0, 0.05) is 0 Å². The molecule has 33 valence electrons. The van der Waals surface area contributed by atoms with Gasteiger partial charge in [-0.2, -0.15) is 0 Å². The summed E-state index contributed by atoms with van der Waals surface area (Å²) in [7, 11) is 0. The molecule has 6 heavy (non-hydrogen) atoms. The predicted molar refractivity (Wildman–Crippen MR) is 19.4 cm³/mol. The van der Waals surface area contributed by atoms with Crippen molar-refractivity contribution in [3.05, 3.63) is 6.92 Å². The average Bonchev–Trinajstić information content (AvgIpc) is 1.35. The Morgan fingerprint density at radius 2 is 2.33 bits per heavy atom. The SMILES string of the molecule is [CH2+]CNC([O])=O. The van der Waals surface area contributed by atoms with E-state index in [4.69, 9.17) is 0 Å². The molecule has 0 saturated carbocycles. The van der Waals surface area contributed by atoms with E-state index in [1.54, 1.807) is 0 Å². The van der Waals surface area contributed by atoms with E-state index < -0.39 is 6.09 Å². The van der Waals surface area contributed by atoms with Crippen molar-refractivity contribution in [2.75, 3.05) is 6.54 Å². The first-order valence-electron chi connectivity index (χ1n) is 1.51. The second-order valence-corrected chi connectivity index (χ2v) is 0.714. The molecule has 0 atom stereocenters. The molecule has 0 aliphatic rings. The van der Waals surface area contributed by atoms with Gasteiger partial charge in [-0.1, -0.05) is 0 Å². The maximum Gasteiger partial charge on any atom is 0.453 e. The molecular weight excluding hydrogens is 82.0 g/mol. The molecule has 1 amide bonds. The van der Waals surface area contributed by atoms with Gasteiger partial charge >= 0.3 is 6.09 Å². The van der Waals surface area contributed by atoms with Crippen molar-refractivity contribution in [2.24, 2.45) is 0 Å². The van der Waals surface area contributed by atoms with Gasteiger partial charge in [-0.15, -0.1) is 0 Å². The van der Waals surface area contributed by atoms with Crippen LogP contribution in [0, 0.1) is 6.92 Å². The van der Waals surface area contributed by atoms with Crippen molar-refractivity contribution in [3.8, 4) is 0 Å². The molecule has 0 heterocycles. The van der Waals surface area contributed by atoms with Crippen molar-refractivity contribution in [1.82, 2.24) is 5.32 Å². The van der Waals surface area contributed by atoms with Crippen molar-refractivity contribution in [3.63, 3.8) is 0 Å². The number of hydrogen-bond donors (Lipinski definition) is 1. The maximum absolute atomic E-state index is 9.34. The third-order valence-electron chi connectivity index (χ3n) is 0.269. The van der Waals surface area contributed by atoms with Gasteiger partial charge in [0.15, 0.2) is 6.54 Å². The zero-order valence-electron chi connectivity index (χ0n) is 3.23. The Bertz CT molecular complexity index is 52.8. The summed E-state index contributed by atoms with van der Waals surface area (Å²) in [5.74, 6) is 0. The Kier molecular flexibility index (Phi) is 2.04. The molecule has 0 aromatic rings. The Hall–Kier alpha value is -0.860. The van der Waals surface area contributed by atoms with Crippen LogP contribution in [0.15, 0.2) is 0 Å². The fourth-order valence-electron chi connectivity index (χ4n) is 0.102. The van der Waals surface area contributed by atoms with Crippen LogP contribution in [0.5, 0.6) is 0 Å². The van der Waals surface area contributed by atoms with E-state index in [1.165, 1.54) is 0 Å². The monoisotopic (exact) mass is 87.0 g/mol. The zero-order valence-corrected chi connectivity index (χ0v) is 3.23. The molecule has 0 saturated heterocycles. The summed E-state index contributed by atoms with van der Waals surface area (Å²) in [5, 5.41) is 11.2. The number of nitrogens with one attached hydrogen (secondary N) is 1. The van der Waals surface area contributed by atoms with Crippen LogP contribution in [0.25, 0.3) is 0 Å². The maximum atomic E-state index is 9.34. The standard InChI is InChI=1S/C3H5NO2/c1-2-4-3(5)6/h4H,1-2H2/q+1. The summed E-state index contributed by atoms with van der Waals surface area (Å²) < 4.78 is 0. The van der Waals surface area contributed by atoms with Gasteiger partial charge in [-0.25, -0.2) is 9.90 Å². The van der Waals surface area contributed by atoms with Crippen LogP contribution in [0.1, 0.15) is 0 Å². The van der Waals surface area contributed by atoms with Gasteiger partial charge in [0.05, 0.1) is 6.92 Å². The van der Waals surface area contributed by atoms with Crippen LogP contribution in [-0.2, 0) is 5.11 Å². The minimum absolute atomic E-state index is 0.169. The summed E-state index contributed by atoms with van der Waals surface area (Å²) in [6.07, 6.45) is -1.27. The van der Waals surface area contributed by atoms with Gasteiger partial charge in [0.2, 0.25) is 0 Å². The third-order valence-corrected chi connectivity index (χ3v) is 0.269. The van der Waals surface area contributed by atoms with E-state index in [9.17, 15) is 9.90 Å². The van der Waals surface area contributed by atoms with Gasteiger partial charge in [-0.3, -0.25) is 5.32 Å². The molecule has 0 aliphatic carbocycles. The van der Waals surface area contributed by atoms with Crippen molar-refractivity contribution in [2.45, 2.75) is 0 Å². The Balaban J connectivity index is 2.83. The molecule has 1 radical (unpaired) electrons. The number of carbonyl (C=O) groups is 1. The molecule has 3 heteroatoms. The average molecular weight is 87.1 g/mol. The van der Waals surface area contributed by atoms with E-state index in [0.29, 0.717) is 0 Å². The largest absolute Gasteiger partial charge is 0.453 e. The lowest BCUT2D eigenvalue weighted by Gasteiger charge is -1.78. The molecule has 0 rings (SSSR count). The first-order chi connectivity index (χ1) is 2.77. The van der Waals surface area contributed by atoms with Crippen LogP contribution in [-0.4, -0.2) is 12.6 Å². The molecule has 0 aromatic heterocycles. The smallest absolute Gasteiger partial charge is 0.280 e. The van der Waals surface area contributed by atoms with Gasteiger partial charge in [-0.05, 0) is 0 Å². The fraction of sp³-hybridized carbons (Fsp3) is 0.333. The molecule has 0 aromatic carbocycles. The van der Waals surface area contributed by atoms with Gasteiger partial charge < -0.3 is 0 Å². The highest BCUT2D eigenvalue weighted by molar-refractivity contribution is 5.63. The van der Waals surface area contributed by atoms with E-state index >= 15 is 0 Å². The van der Waals surface area contributed by atoms with Gasteiger partial charge in [0.25, 0.3) is 0 Å². The van der Waals surface area contributed by atoms with Crippen LogP contribution in [0.3, 0.4) is 0 Å². The van der Waals surface area contributed by atoms with Gasteiger partial charge in [0.1, 0.15) is 0 Å². The lowest BCUT2D eigenvalue weighted by Crippen LogP contribution is -2.18. The molecule has 1 N–H and O–H groups in total. The summed E-state index contributed by atoms with van der Waals surface area (Å²) in [4.78, 5) is 9.34. The van der Waals surface area contributed by atoms with Crippen molar-refractivity contribution < 1.29 is 9.90 Å². The highest BCUT2D eigenvalue weighted by atomic mass is 16.4. The third kappa shape index (κ3) is 3.14. The number of rotatable bonds is 1. The van der Waals surface area contributed by atoms with Crippen molar-refractivity contribution in [1.29, 1.82) is 0 Å². The zero-order chi connectivity index (χ0) is 4.99. The molecule has 0 aliphatic heterocycles. The minimum Gasteiger partial charge on any atom is -0.280 e. The summed E-state index contributed by atoms with van der Waals surface area (Å²) in [6, 6.07) is 0. The number of amides is 1. The first-order valence-corrected chi connectivity index (χ1v) is 1.51. The molecule has 3 nitrogen and oxygen atoms in total. The van der Waals surface area contributed by atoms with Crippen LogP contribution in [0.4, 0.5) is 4.79 Å². The highest BCUT2D eigenvalue weighted by Gasteiger charge is 1.91. The van der Waals surface area contributed by atoms with E-state index in [2.05, 4.69) is 6.92 Å². The fourth-order valence-corrected chi connectivity index (χ4v) is 0.102. The summed E-state index contributed by atoms with van der Waals surface area (Å²) >= 11 is 0. The van der Waals surface area contributed by atoms with Crippen LogP contribution >= 0.6 is 0 Å². The van der Waals surface area contributed by atoms with Crippen molar-refractivity contribution >= 4 is 6.09 Å². The summed E-state index contributed by atoms with van der Waals surface area (Å²) in [6.45, 7) is 3.36. The molecule has 0 fully saturated rings. The lowest BCUT2D eigenvalue weighted by atomic mass is 10.8. The highest BCUT2D eigenvalue weighted by Crippen LogP contribution is 1.55. The Morgan fingerprint density at radius 1 is 1.83 bits per heavy atom. The van der Waals surface area contributed by atoms with E-state index in [-0.39, 0.29) is 6.54 Å².